The summed E-state index contributed by atoms with van der Waals surface area (Å²) >= 11 is 1.59. The quantitative estimate of drug-likeness (QED) is 0.743. The van der Waals surface area contributed by atoms with E-state index in [2.05, 4.69) is 0 Å². The Morgan fingerprint density at radius 1 is 1.15 bits per heavy atom. The van der Waals surface area contributed by atoms with Crippen molar-refractivity contribution in [1.82, 2.24) is 9.80 Å². The van der Waals surface area contributed by atoms with Gasteiger partial charge in [0.2, 0.25) is 5.91 Å². The molecule has 1 saturated heterocycles. The van der Waals surface area contributed by atoms with Crippen LogP contribution in [-0.4, -0.2) is 47.3 Å². The lowest BCUT2D eigenvalue weighted by molar-refractivity contribution is -0.136. The summed E-state index contributed by atoms with van der Waals surface area (Å²) in [5, 5.41) is 1.98. The van der Waals surface area contributed by atoms with Gasteiger partial charge in [0, 0.05) is 17.6 Å². The molecule has 2 heterocycles. The first-order valence-electron chi connectivity index (χ1n) is 8.77. The zero-order chi connectivity index (χ0) is 19.7. The first-order chi connectivity index (χ1) is 12.8. The number of thiophene rings is 1. The highest BCUT2D eigenvalue weighted by atomic mass is 32.1. The van der Waals surface area contributed by atoms with Crippen molar-refractivity contribution >= 4 is 34.9 Å². The maximum atomic E-state index is 12.8. The maximum absolute atomic E-state index is 12.8. The van der Waals surface area contributed by atoms with E-state index in [0.717, 1.165) is 20.9 Å². The second-order valence-corrected chi connectivity index (χ2v) is 7.87. The van der Waals surface area contributed by atoms with Gasteiger partial charge in [-0.3, -0.25) is 19.4 Å². The van der Waals surface area contributed by atoms with Crippen LogP contribution in [0.2, 0.25) is 0 Å². The molecule has 6 nitrogen and oxygen atoms in total. The number of hydrogen-bond acceptors (Lipinski definition) is 4. The second-order valence-electron chi connectivity index (χ2n) is 6.87. The van der Waals surface area contributed by atoms with E-state index in [9.17, 15) is 14.4 Å². The molecule has 4 amide bonds. The summed E-state index contributed by atoms with van der Waals surface area (Å²) in [6, 6.07) is 8.34. The minimum absolute atomic E-state index is 0.245. The number of aryl methyl sites for hydroxylation is 2. The van der Waals surface area contributed by atoms with Gasteiger partial charge in [0.1, 0.15) is 12.6 Å². The van der Waals surface area contributed by atoms with Gasteiger partial charge in [-0.25, -0.2) is 4.79 Å². The fourth-order valence-corrected chi connectivity index (χ4v) is 4.00. The van der Waals surface area contributed by atoms with Gasteiger partial charge in [0.15, 0.2) is 0 Å². The summed E-state index contributed by atoms with van der Waals surface area (Å²) in [5.41, 5.74) is 2.86. The van der Waals surface area contributed by atoms with E-state index in [4.69, 9.17) is 0 Å². The van der Waals surface area contributed by atoms with Crippen LogP contribution in [0, 0.1) is 13.8 Å². The van der Waals surface area contributed by atoms with Crippen LogP contribution in [0.5, 0.6) is 0 Å². The predicted octanol–water partition coefficient (Wildman–Crippen LogP) is 3.18. The third-order valence-electron chi connectivity index (χ3n) is 4.83. The lowest BCUT2D eigenvalue weighted by atomic mass is 10.2. The van der Waals surface area contributed by atoms with E-state index in [1.54, 1.807) is 30.2 Å². The van der Waals surface area contributed by atoms with Crippen LogP contribution in [-0.2, 0) is 16.1 Å². The van der Waals surface area contributed by atoms with Crippen molar-refractivity contribution in [1.29, 1.82) is 0 Å². The highest BCUT2D eigenvalue weighted by Crippen LogP contribution is 2.26. The van der Waals surface area contributed by atoms with Crippen molar-refractivity contribution in [3.8, 4) is 0 Å². The number of carbonyl (C=O) groups is 3. The van der Waals surface area contributed by atoms with E-state index < -0.39 is 12.1 Å². The molecule has 1 fully saturated rings. The number of likely N-dealkylation sites (N-methyl/N-ethyl adjacent to an activating group) is 1. The molecule has 0 spiro atoms. The van der Waals surface area contributed by atoms with Gasteiger partial charge in [0.25, 0.3) is 5.91 Å². The number of urea groups is 1. The number of nitrogens with zero attached hydrogens (tertiary/aromatic N) is 3. The van der Waals surface area contributed by atoms with Crippen LogP contribution < -0.4 is 4.90 Å². The smallest absolute Gasteiger partial charge is 0.332 e. The van der Waals surface area contributed by atoms with Gasteiger partial charge in [-0.1, -0.05) is 17.7 Å². The van der Waals surface area contributed by atoms with Crippen LogP contribution in [0.25, 0.3) is 0 Å². The summed E-state index contributed by atoms with van der Waals surface area (Å²) in [4.78, 5) is 43.1. The molecule has 27 heavy (non-hydrogen) atoms. The van der Waals surface area contributed by atoms with Gasteiger partial charge < -0.3 is 4.90 Å². The van der Waals surface area contributed by atoms with Crippen molar-refractivity contribution in [3.63, 3.8) is 0 Å². The topological polar surface area (TPSA) is 60.9 Å². The molecule has 1 aliphatic heterocycles. The summed E-state index contributed by atoms with van der Waals surface area (Å²) in [6.07, 6.45) is 0. The van der Waals surface area contributed by atoms with Crippen molar-refractivity contribution in [2.24, 2.45) is 0 Å². The number of rotatable bonds is 5. The Balaban J connectivity index is 1.71. The average molecular weight is 385 g/mol. The molecule has 1 aliphatic rings. The highest BCUT2D eigenvalue weighted by Gasteiger charge is 2.44. The van der Waals surface area contributed by atoms with E-state index in [0.29, 0.717) is 12.2 Å². The minimum Gasteiger partial charge on any atom is -0.339 e. The Kier molecular flexibility index (Phi) is 5.32. The van der Waals surface area contributed by atoms with E-state index >= 15 is 0 Å². The largest absolute Gasteiger partial charge is 0.339 e. The predicted molar refractivity (Wildman–Crippen MR) is 106 cm³/mol. The Labute approximate surface area is 163 Å². The molecular weight excluding hydrogens is 362 g/mol. The van der Waals surface area contributed by atoms with Crippen molar-refractivity contribution in [2.45, 2.75) is 33.4 Å². The monoisotopic (exact) mass is 385 g/mol. The Morgan fingerprint density at radius 2 is 1.81 bits per heavy atom. The lowest BCUT2D eigenvalue weighted by Crippen LogP contribution is -2.42. The zero-order valence-corrected chi connectivity index (χ0v) is 16.7. The molecule has 7 heteroatoms. The Morgan fingerprint density at radius 3 is 2.41 bits per heavy atom. The van der Waals surface area contributed by atoms with E-state index in [1.807, 2.05) is 49.6 Å². The van der Waals surface area contributed by atoms with Crippen LogP contribution in [0.4, 0.5) is 10.5 Å². The molecule has 0 unspecified atom stereocenters. The maximum Gasteiger partial charge on any atom is 0.332 e. The van der Waals surface area contributed by atoms with Crippen LogP contribution in [0.15, 0.2) is 35.7 Å². The fraction of sp³-hybridized carbons (Fsp3) is 0.350. The van der Waals surface area contributed by atoms with E-state index in [-0.39, 0.29) is 18.4 Å². The summed E-state index contributed by atoms with van der Waals surface area (Å²) < 4.78 is 0. The normalized spacial score (nSPS) is 17.0. The second kappa shape index (κ2) is 7.52. The lowest BCUT2D eigenvalue weighted by Gasteiger charge is -2.21. The van der Waals surface area contributed by atoms with Crippen molar-refractivity contribution in [2.75, 3.05) is 18.5 Å². The summed E-state index contributed by atoms with van der Waals surface area (Å²) in [5.74, 6) is -0.614. The number of amides is 4. The molecule has 0 aliphatic carbocycles. The van der Waals surface area contributed by atoms with E-state index in [1.165, 1.54) is 4.90 Å². The van der Waals surface area contributed by atoms with Gasteiger partial charge in [-0.2, -0.15) is 0 Å². The molecule has 1 aromatic carbocycles. The summed E-state index contributed by atoms with van der Waals surface area (Å²) in [6.45, 7) is 5.86. The van der Waals surface area contributed by atoms with Gasteiger partial charge in [0.05, 0.1) is 6.54 Å². The third kappa shape index (κ3) is 3.73. The Bertz CT molecular complexity index is 875. The zero-order valence-electron chi connectivity index (χ0n) is 15.9. The van der Waals surface area contributed by atoms with Crippen LogP contribution in [0.1, 0.15) is 22.9 Å². The average Bonchev–Trinajstić information content (AvgIpc) is 3.12. The van der Waals surface area contributed by atoms with Crippen molar-refractivity contribution < 1.29 is 14.4 Å². The molecule has 2 aromatic rings. The highest BCUT2D eigenvalue weighted by molar-refractivity contribution is 7.10. The third-order valence-corrected chi connectivity index (χ3v) is 5.84. The molecule has 3 rings (SSSR count). The number of carbonyl (C=O) groups excluding carboxylic acids is 3. The van der Waals surface area contributed by atoms with Crippen LogP contribution in [0.3, 0.4) is 0 Å². The molecule has 0 bridgehead atoms. The molecule has 1 atom stereocenters. The number of anilines is 1. The van der Waals surface area contributed by atoms with Crippen LogP contribution >= 0.6 is 11.3 Å². The molecule has 0 saturated carbocycles. The first kappa shape index (κ1) is 19.1. The molecule has 0 N–H and O–H groups in total. The standard InChI is InChI=1S/C20H23N3O3S/c1-13-5-7-16(8-6-13)23-15(3)19(25)22(20(23)26)12-18(24)21(4)11-17-14(2)9-10-27-17/h5-10,15H,11-12H2,1-4H3/t15-/m0/s1. The molecule has 1 aromatic heterocycles. The number of hydrogen-bond donors (Lipinski definition) is 0. The summed E-state index contributed by atoms with van der Waals surface area (Å²) in [7, 11) is 1.69. The van der Waals surface area contributed by atoms with Crippen molar-refractivity contribution in [3.05, 3.63) is 51.7 Å². The number of benzene rings is 1. The SMILES string of the molecule is Cc1ccc(N2C(=O)N(CC(=O)N(C)Cc3sccc3C)C(=O)[C@@H]2C)cc1. The molecular formula is C20H23N3O3S. The number of imide groups is 1. The van der Waals surface area contributed by atoms with Gasteiger partial charge >= 0.3 is 6.03 Å². The fourth-order valence-electron chi connectivity index (χ4n) is 3.04. The molecule has 142 valence electrons. The molecule has 0 radical (unpaired) electrons. The van der Waals surface area contributed by atoms with Gasteiger partial charge in [-0.05, 0) is 49.9 Å². The van der Waals surface area contributed by atoms with Gasteiger partial charge in [-0.15, -0.1) is 11.3 Å². The minimum atomic E-state index is -0.627. The first-order valence-corrected chi connectivity index (χ1v) is 9.65. The Hall–Kier alpha value is -2.67.